The van der Waals surface area contributed by atoms with Crippen LogP contribution >= 0.6 is 23.2 Å². The van der Waals surface area contributed by atoms with E-state index in [1.54, 1.807) is 12.1 Å². The van der Waals surface area contributed by atoms with E-state index in [0.717, 1.165) is 0 Å². The molecule has 1 unspecified atom stereocenters. The average molecular weight is 386 g/mol. The van der Waals surface area contributed by atoms with Crippen molar-refractivity contribution in [3.63, 3.8) is 0 Å². The number of halogens is 2. The van der Waals surface area contributed by atoms with Crippen LogP contribution in [0.5, 0.6) is 0 Å². The van der Waals surface area contributed by atoms with Gasteiger partial charge in [0.2, 0.25) is 10.0 Å². The number of aliphatic hydroxyl groups is 1. The number of nitriles is 1. The summed E-state index contributed by atoms with van der Waals surface area (Å²) in [4.78, 5) is -0.161. The topological polar surface area (TPSA) is 116 Å². The Kier molecular flexibility index (Phi) is 5.70. The summed E-state index contributed by atoms with van der Waals surface area (Å²) >= 11 is 11.8. The quantitative estimate of drug-likeness (QED) is 0.731. The van der Waals surface area contributed by atoms with Crippen LogP contribution in [0.2, 0.25) is 10.0 Å². The predicted octanol–water partition coefficient (Wildman–Crippen LogP) is 2.66. The molecule has 0 spiro atoms. The fourth-order valence-corrected chi connectivity index (χ4v) is 3.11. The lowest BCUT2D eigenvalue weighted by atomic mass is 10.1. The fraction of sp³-hybridized carbons (Fsp3) is 0.133. The molecule has 0 aliphatic carbocycles. The highest BCUT2D eigenvalue weighted by atomic mass is 35.5. The molecule has 0 saturated heterocycles. The van der Waals surface area contributed by atoms with E-state index >= 15 is 0 Å². The first-order chi connectivity index (χ1) is 11.2. The molecule has 1 atom stereocenters. The highest BCUT2D eigenvalue weighted by molar-refractivity contribution is 7.89. The van der Waals surface area contributed by atoms with Crippen LogP contribution in [0.3, 0.4) is 0 Å². The molecule has 0 fully saturated rings. The molecule has 0 aliphatic heterocycles. The van der Waals surface area contributed by atoms with Gasteiger partial charge in [-0.2, -0.15) is 5.26 Å². The van der Waals surface area contributed by atoms with Crippen molar-refractivity contribution < 1.29 is 13.5 Å². The SMILES string of the molecule is N#Cc1cc(S(N)(=O)=O)ccc1NCC(O)c1ccc(Cl)cc1Cl. The molecule has 2 rings (SSSR count). The van der Waals surface area contributed by atoms with Crippen LogP contribution in [-0.2, 0) is 10.0 Å². The normalized spacial score (nSPS) is 12.5. The van der Waals surface area contributed by atoms with Crippen molar-refractivity contribution in [3.05, 3.63) is 57.6 Å². The molecule has 6 nitrogen and oxygen atoms in total. The van der Waals surface area contributed by atoms with Crippen molar-refractivity contribution >= 4 is 38.9 Å². The van der Waals surface area contributed by atoms with E-state index in [0.29, 0.717) is 21.3 Å². The van der Waals surface area contributed by atoms with E-state index in [4.69, 9.17) is 33.6 Å². The largest absolute Gasteiger partial charge is 0.387 e. The zero-order valence-electron chi connectivity index (χ0n) is 12.2. The van der Waals surface area contributed by atoms with Crippen LogP contribution in [0.25, 0.3) is 0 Å². The Hall–Kier alpha value is -1.82. The van der Waals surface area contributed by atoms with Gasteiger partial charge in [0.25, 0.3) is 0 Å². The summed E-state index contributed by atoms with van der Waals surface area (Å²) in [7, 11) is -3.89. The molecule has 2 aromatic carbocycles. The third-order valence-electron chi connectivity index (χ3n) is 3.25. The molecule has 0 bridgehead atoms. The minimum atomic E-state index is -3.89. The molecule has 4 N–H and O–H groups in total. The third kappa shape index (κ3) is 4.38. The number of hydrogen-bond donors (Lipinski definition) is 3. The van der Waals surface area contributed by atoms with E-state index in [2.05, 4.69) is 5.32 Å². The van der Waals surface area contributed by atoms with Crippen molar-refractivity contribution in [1.82, 2.24) is 0 Å². The maximum atomic E-state index is 11.3. The zero-order chi connectivity index (χ0) is 17.9. The molecule has 0 aliphatic rings. The zero-order valence-corrected chi connectivity index (χ0v) is 14.5. The van der Waals surface area contributed by atoms with E-state index in [1.807, 2.05) is 6.07 Å². The van der Waals surface area contributed by atoms with Gasteiger partial charge in [0.1, 0.15) is 6.07 Å². The molecule has 126 valence electrons. The minimum Gasteiger partial charge on any atom is -0.387 e. The fourth-order valence-electron chi connectivity index (χ4n) is 2.04. The highest BCUT2D eigenvalue weighted by Gasteiger charge is 2.15. The van der Waals surface area contributed by atoms with Gasteiger partial charge in [-0.25, -0.2) is 13.6 Å². The molecule has 0 heterocycles. The van der Waals surface area contributed by atoms with Gasteiger partial charge in [-0.3, -0.25) is 0 Å². The number of nitrogens with zero attached hydrogens (tertiary/aromatic N) is 1. The first kappa shape index (κ1) is 18.5. The minimum absolute atomic E-state index is 0.0603. The van der Waals surface area contributed by atoms with Crippen LogP contribution < -0.4 is 10.5 Å². The van der Waals surface area contributed by atoms with Gasteiger partial charge < -0.3 is 10.4 Å². The van der Waals surface area contributed by atoms with Crippen LogP contribution in [0.4, 0.5) is 5.69 Å². The molecule has 9 heteroatoms. The van der Waals surface area contributed by atoms with Gasteiger partial charge >= 0.3 is 0 Å². The standard InChI is InChI=1S/C15H13Cl2N3O3S/c16-10-1-3-12(13(17)6-10)15(21)8-20-14-4-2-11(24(19,22)23)5-9(14)7-18/h1-6,15,20-21H,8H2,(H2,19,22,23). The van der Waals surface area contributed by atoms with Gasteiger partial charge in [-0.1, -0.05) is 29.3 Å². The van der Waals surface area contributed by atoms with Gasteiger partial charge in [0.05, 0.1) is 22.3 Å². The molecule has 0 amide bonds. The second-order valence-electron chi connectivity index (χ2n) is 4.93. The van der Waals surface area contributed by atoms with Crippen molar-refractivity contribution in [2.45, 2.75) is 11.0 Å². The molecule has 2 aromatic rings. The van der Waals surface area contributed by atoms with Gasteiger partial charge in [0, 0.05) is 22.2 Å². The summed E-state index contributed by atoms with van der Waals surface area (Å²) in [5.74, 6) is 0. The van der Waals surface area contributed by atoms with Gasteiger partial charge in [0.15, 0.2) is 0 Å². The Balaban J connectivity index is 2.18. The number of anilines is 1. The number of hydrogen-bond acceptors (Lipinski definition) is 5. The maximum Gasteiger partial charge on any atom is 0.238 e. The van der Waals surface area contributed by atoms with Crippen molar-refractivity contribution in [2.24, 2.45) is 5.14 Å². The van der Waals surface area contributed by atoms with Crippen LogP contribution in [0, 0.1) is 11.3 Å². The molecule has 0 aromatic heterocycles. The summed E-state index contributed by atoms with van der Waals surface area (Å²) in [6, 6.07) is 10.5. The molecular formula is C15H13Cl2N3O3S. The molecule has 24 heavy (non-hydrogen) atoms. The smallest absolute Gasteiger partial charge is 0.238 e. The second kappa shape index (κ2) is 7.38. The molecule has 0 saturated carbocycles. The van der Waals surface area contributed by atoms with Crippen molar-refractivity contribution in [1.29, 1.82) is 5.26 Å². The number of nitrogens with two attached hydrogens (primary N) is 1. The Bertz CT molecular complexity index is 911. The number of aliphatic hydroxyl groups excluding tert-OH is 1. The Morgan fingerprint density at radius 1 is 1.25 bits per heavy atom. The number of nitrogens with one attached hydrogen (secondary N) is 1. The third-order valence-corrected chi connectivity index (χ3v) is 4.72. The van der Waals surface area contributed by atoms with Crippen LogP contribution in [-0.4, -0.2) is 20.1 Å². The lowest BCUT2D eigenvalue weighted by molar-refractivity contribution is 0.192. The van der Waals surface area contributed by atoms with E-state index in [-0.39, 0.29) is 17.0 Å². The average Bonchev–Trinajstić information content (AvgIpc) is 2.51. The molecular weight excluding hydrogens is 373 g/mol. The summed E-state index contributed by atoms with van der Waals surface area (Å²) in [6.45, 7) is 0.0603. The maximum absolute atomic E-state index is 11.3. The van der Waals surface area contributed by atoms with Gasteiger partial charge in [-0.05, 0) is 30.3 Å². The number of rotatable bonds is 5. The lowest BCUT2D eigenvalue weighted by Gasteiger charge is -2.15. The number of benzene rings is 2. The summed E-state index contributed by atoms with van der Waals surface area (Å²) < 4.78 is 22.6. The second-order valence-corrected chi connectivity index (χ2v) is 7.33. The Morgan fingerprint density at radius 3 is 2.54 bits per heavy atom. The summed E-state index contributed by atoms with van der Waals surface area (Å²) in [5, 5.41) is 28.0. The highest BCUT2D eigenvalue weighted by Crippen LogP contribution is 2.27. The monoisotopic (exact) mass is 385 g/mol. The van der Waals surface area contributed by atoms with Gasteiger partial charge in [-0.15, -0.1) is 0 Å². The number of primary sulfonamides is 1. The van der Waals surface area contributed by atoms with Crippen molar-refractivity contribution in [2.75, 3.05) is 11.9 Å². The number of sulfonamides is 1. The van der Waals surface area contributed by atoms with Crippen LogP contribution in [0.1, 0.15) is 17.2 Å². The summed E-state index contributed by atoms with van der Waals surface area (Å²) in [6.07, 6.45) is -0.945. The van der Waals surface area contributed by atoms with Crippen LogP contribution in [0.15, 0.2) is 41.3 Å². The van der Waals surface area contributed by atoms with E-state index in [1.165, 1.54) is 24.3 Å². The summed E-state index contributed by atoms with van der Waals surface area (Å²) in [5.41, 5.74) is 0.943. The van der Waals surface area contributed by atoms with E-state index < -0.39 is 16.1 Å². The first-order valence-electron chi connectivity index (χ1n) is 6.66. The first-order valence-corrected chi connectivity index (χ1v) is 8.96. The van der Waals surface area contributed by atoms with E-state index in [9.17, 15) is 13.5 Å². The lowest BCUT2D eigenvalue weighted by Crippen LogP contribution is -2.15. The Labute approximate surface area is 149 Å². The molecule has 0 radical (unpaired) electrons. The van der Waals surface area contributed by atoms with Crippen molar-refractivity contribution in [3.8, 4) is 6.07 Å². The Morgan fingerprint density at radius 2 is 1.96 bits per heavy atom. The predicted molar refractivity (Wildman–Crippen MR) is 92.4 cm³/mol.